The van der Waals surface area contributed by atoms with Gasteiger partial charge in [-0.25, -0.2) is 0 Å². The Bertz CT molecular complexity index is 846. The zero-order valence-corrected chi connectivity index (χ0v) is 15.8. The fourth-order valence-electron chi connectivity index (χ4n) is 2.81. The Balaban J connectivity index is 1.92. The van der Waals surface area contributed by atoms with E-state index in [0.29, 0.717) is 22.7 Å². The molecule has 0 fully saturated rings. The van der Waals surface area contributed by atoms with Crippen molar-refractivity contribution in [1.29, 1.82) is 0 Å². The van der Waals surface area contributed by atoms with Gasteiger partial charge in [0.1, 0.15) is 0 Å². The van der Waals surface area contributed by atoms with E-state index in [1.165, 1.54) is 6.07 Å². The number of aryl methyl sites for hydroxylation is 1. The summed E-state index contributed by atoms with van der Waals surface area (Å²) in [5, 5.41) is 4.62. The fraction of sp³-hybridized carbons (Fsp3) is 0.278. The smallest absolute Gasteiger partial charge is 0.384 e. The Morgan fingerprint density at radius 1 is 1.20 bits per heavy atom. The minimum atomic E-state index is -4.44. The summed E-state index contributed by atoms with van der Waals surface area (Å²) >= 11 is 9.05. The molecular formula is C18H14BrClF3NO. The van der Waals surface area contributed by atoms with Gasteiger partial charge in [0.05, 0.1) is 11.3 Å². The molecule has 0 saturated carbocycles. The minimum absolute atomic E-state index is 0.00325. The summed E-state index contributed by atoms with van der Waals surface area (Å²) in [6, 6.07) is 9.61. The second kappa shape index (κ2) is 6.32. The topological polar surface area (TPSA) is 21.6 Å². The van der Waals surface area contributed by atoms with Crippen molar-refractivity contribution >= 4 is 33.2 Å². The number of hydrogen-bond donors (Lipinski definition) is 0. The maximum absolute atomic E-state index is 13.1. The maximum atomic E-state index is 13.1. The number of benzene rings is 2. The van der Waals surface area contributed by atoms with Gasteiger partial charge in [-0.3, -0.25) is 0 Å². The first kappa shape index (κ1) is 18.3. The van der Waals surface area contributed by atoms with E-state index in [0.717, 1.165) is 17.2 Å². The van der Waals surface area contributed by atoms with E-state index in [9.17, 15) is 13.2 Å². The van der Waals surface area contributed by atoms with Crippen LogP contribution in [0.5, 0.6) is 0 Å². The van der Waals surface area contributed by atoms with E-state index in [1.807, 2.05) is 26.0 Å². The highest BCUT2D eigenvalue weighted by atomic mass is 79.9. The molecule has 0 aromatic heterocycles. The number of nitrogens with zero attached hydrogens (tertiary/aromatic N) is 1. The van der Waals surface area contributed by atoms with E-state index in [2.05, 4.69) is 21.1 Å². The number of halogens is 5. The Hall–Kier alpha value is -1.53. The van der Waals surface area contributed by atoms with Crippen LogP contribution in [0.4, 0.5) is 13.2 Å². The van der Waals surface area contributed by atoms with Crippen LogP contribution in [0.15, 0.2) is 46.0 Å². The number of alkyl halides is 3. The average Bonchev–Trinajstić information content (AvgIpc) is 2.89. The molecule has 1 unspecified atom stereocenters. The summed E-state index contributed by atoms with van der Waals surface area (Å²) in [5.41, 5.74) is 1.17. The standard InChI is InChI=1S/C18H14BrClF3NO/c1-10-5-12(8-13(20)6-10)17(2)9-16(24-25-17)11-3-4-15(19)14(7-11)18(21,22)23/h3-8H,9H2,1-2H3. The van der Waals surface area contributed by atoms with Gasteiger partial charge in [0.25, 0.3) is 0 Å². The lowest BCUT2D eigenvalue weighted by molar-refractivity contribution is -0.138. The highest BCUT2D eigenvalue weighted by Gasteiger charge is 2.38. The van der Waals surface area contributed by atoms with Gasteiger partial charge in [0.2, 0.25) is 0 Å². The number of hydrogen-bond acceptors (Lipinski definition) is 2. The van der Waals surface area contributed by atoms with Crippen LogP contribution in [0.2, 0.25) is 5.02 Å². The van der Waals surface area contributed by atoms with E-state index >= 15 is 0 Å². The van der Waals surface area contributed by atoms with Crippen LogP contribution in [0.3, 0.4) is 0 Å². The predicted molar refractivity (Wildman–Crippen MR) is 94.9 cm³/mol. The summed E-state index contributed by atoms with van der Waals surface area (Å²) in [4.78, 5) is 5.60. The van der Waals surface area contributed by atoms with Crippen molar-refractivity contribution in [3.05, 3.63) is 68.1 Å². The summed E-state index contributed by atoms with van der Waals surface area (Å²) in [6.45, 7) is 3.76. The lowest BCUT2D eigenvalue weighted by atomic mass is 9.88. The number of oxime groups is 1. The summed E-state index contributed by atoms with van der Waals surface area (Å²) in [7, 11) is 0. The molecular weight excluding hydrogens is 419 g/mol. The van der Waals surface area contributed by atoms with Crippen LogP contribution in [-0.4, -0.2) is 5.71 Å². The monoisotopic (exact) mass is 431 g/mol. The molecule has 3 rings (SSSR count). The molecule has 0 aliphatic carbocycles. The highest BCUT2D eigenvalue weighted by Crippen LogP contribution is 2.40. The van der Waals surface area contributed by atoms with Crippen molar-refractivity contribution in [3.63, 3.8) is 0 Å². The first-order valence-electron chi connectivity index (χ1n) is 7.48. The molecule has 132 valence electrons. The van der Waals surface area contributed by atoms with Crippen molar-refractivity contribution in [1.82, 2.24) is 0 Å². The van der Waals surface area contributed by atoms with Crippen LogP contribution in [-0.2, 0) is 16.6 Å². The van der Waals surface area contributed by atoms with E-state index in [4.69, 9.17) is 16.4 Å². The lowest BCUT2D eigenvalue weighted by Crippen LogP contribution is -2.22. The van der Waals surface area contributed by atoms with Gasteiger partial charge in [-0.15, -0.1) is 0 Å². The van der Waals surface area contributed by atoms with Gasteiger partial charge in [-0.05, 0) is 49.2 Å². The largest absolute Gasteiger partial charge is 0.417 e. The molecule has 0 radical (unpaired) electrons. The lowest BCUT2D eigenvalue weighted by Gasteiger charge is -2.22. The Morgan fingerprint density at radius 3 is 2.56 bits per heavy atom. The van der Waals surface area contributed by atoms with E-state index < -0.39 is 17.3 Å². The van der Waals surface area contributed by atoms with Crippen molar-refractivity contribution < 1.29 is 18.0 Å². The second-order valence-corrected chi connectivity index (χ2v) is 7.54. The Morgan fingerprint density at radius 2 is 1.92 bits per heavy atom. The van der Waals surface area contributed by atoms with Gasteiger partial charge in [0.15, 0.2) is 5.60 Å². The molecule has 2 nitrogen and oxygen atoms in total. The number of rotatable bonds is 2. The van der Waals surface area contributed by atoms with Gasteiger partial charge < -0.3 is 4.84 Å². The molecule has 0 bridgehead atoms. The van der Waals surface area contributed by atoms with Crippen molar-refractivity contribution in [2.24, 2.45) is 5.16 Å². The van der Waals surface area contributed by atoms with Gasteiger partial charge in [-0.1, -0.05) is 44.8 Å². The zero-order valence-electron chi connectivity index (χ0n) is 13.4. The summed E-state index contributed by atoms with van der Waals surface area (Å²) < 4.78 is 39.3. The van der Waals surface area contributed by atoms with Crippen LogP contribution >= 0.6 is 27.5 Å². The molecule has 25 heavy (non-hydrogen) atoms. The molecule has 2 aromatic rings. The normalized spacial score (nSPS) is 20.4. The molecule has 1 aliphatic rings. The van der Waals surface area contributed by atoms with Crippen molar-refractivity contribution in [3.8, 4) is 0 Å². The quantitative estimate of drug-likeness (QED) is 0.533. The van der Waals surface area contributed by atoms with E-state index in [-0.39, 0.29) is 4.47 Å². The molecule has 0 amide bonds. The molecule has 0 saturated heterocycles. The third-order valence-electron chi connectivity index (χ3n) is 4.12. The molecule has 1 aliphatic heterocycles. The maximum Gasteiger partial charge on any atom is 0.417 e. The van der Waals surface area contributed by atoms with E-state index in [1.54, 1.807) is 12.1 Å². The first-order chi connectivity index (χ1) is 11.6. The highest BCUT2D eigenvalue weighted by molar-refractivity contribution is 9.10. The molecule has 1 atom stereocenters. The van der Waals surface area contributed by atoms with Crippen molar-refractivity contribution in [2.75, 3.05) is 0 Å². The zero-order chi connectivity index (χ0) is 18.4. The van der Waals surface area contributed by atoms with Crippen LogP contribution in [0.1, 0.15) is 35.6 Å². The Kier molecular flexibility index (Phi) is 4.62. The molecule has 0 N–H and O–H groups in total. The average molecular weight is 433 g/mol. The molecule has 2 aromatic carbocycles. The van der Waals surface area contributed by atoms with Gasteiger partial charge in [0, 0.05) is 21.5 Å². The molecule has 0 spiro atoms. The summed E-state index contributed by atoms with van der Waals surface area (Å²) in [6.07, 6.45) is -4.09. The van der Waals surface area contributed by atoms with Gasteiger partial charge >= 0.3 is 6.18 Å². The second-order valence-electron chi connectivity index (χ2n) is 6.25. The van der Waals surface area contributed by atoms with Crippen molar-refractivity contribution in [2.45, 2.75) is 32.0 Å². The Labute approximate surface area is 156 Å². The van der Waals surface area contributed by atoms with Crippen LogP contribution in [0, 0.1) is 6.92 Å². The molecule has 7 heteroatoms. The van der Waals surface area contributed by atoms with Gasteiger partial charge in [-0.2, -0.15) is 13.2 Å². The third-order valence-corrected chi connectivity index (χ3v) is 5.03. The van der Waals surface area contributed by atoms with Crippen LogP contribution in [0.25, 0.3) is 0 Å². The molecule has 1 heterocycles. The SMILES string of the molecule is Cc1cc(Cl)cc(C2(C)CC(c3ccc(Br)c(C(F)(F)F)c3)=NO2)c1. The predicted octanol–water partition coefficient (Wildman–Crippen LogP) is 6.47. The third kappa shape index (κ3) is 3.70. The fourth-order valence-corrected chi connectivity index (χ4v) is 3.57. The minimum Gasteiger partial charge on any atom is -0.384 e. The summed E-state index contributed by atoms with van der Waals surface area (Å²) in [5.74, 6) is 0. The first-order valence-corrected chi connectivity index (χ1v) is 8.65. The van der Waals surface area contributed by atoms with Crippen LogP contribution < -0.4 is 0 Å².